The fourth-order valence-corrected chi connectivity index (χ4v) is 5.81. The minimum atomic E-state index is -1.84. The number of nitrogens with zero attached hydrogens (tertiary/aromatic N) is 1. The Morgan fingerprint density at radius 2 is 0.900 bits per heavy atom. The molecule has 0 aliphatic heterocycles. The van der Waals surface area contributed by atoms with E-state index >= 15 is 0 Å². The van der Waals surface area contributed by atoms with E-state index in [0.29, 0.717) is 43.0 Å². The Labute approximate surface area is 293 Å². The van der Waals surface area contributed by atoms with Crippen molar-refractivity contribution < 1.29 is 23.8 Å². The molecule has 0 aliphatic carbocycles. The predicted octanol–water partition coefficient (Wildman–Crippen LogP) is 8.68. The van der Waals surface area contributed by atoms with Gasteiger partial charge in [-0.05, 0) is 45.5 Å². The summed E-state index contributed by atoms with van der Waals surface area (Å²) < 4.78 is 18.7. The maximum Gasteiger partial charge on any atom is 0.339 e. The number of ether oxygens (including phenoxy) is 3. The summed E-state index contributed by atoms with van der Waals surface area (Å²) in [6.45, 7) is 1.17. The summed E-state index contributed by atoms with van der Waals surface area (Å²) in [5.74, 6) is 0.211. The Balaban J connectivity index is 1.44. The highest BCUT2D eigenvalue weighted by Gasteiger charge is 2.48. The van der Waals surface area contributed by atoms with Crippen LogP contribution in [0.3, 0.4) is 0 Å². The monoisotopic (exact) mass is 661 g/mol. The lowest BCUT2D eigenvalue weighted by molar-refractivity contribution is -0.163. The maximum atomic E-state index is 14.6. The Morgan fingerprint density at radius 3 is 1.34 bits per heavy atom. The van der Waals surface area contributed by atoms with Gasteiger partial charge in [0.05, 0.1) is 0 Å². The Morgan fingerprint density at radius 1 is 0.500 bits per heavy atom. The van der Waals surface area contributed by atoms with Crippen molar-refractivity contribution >= 4 is 12.3 Å². The van der Waals surface area contributed by atoms with Crippen molar-refractivity contribution in [3.05, 3.63) is 203 Å². The second-order valence-corrected chi connectivity index (χ2v) is 12.0. The lowest BCUT2D eigenvalue weighted by Gasteiger charge is -2.38. The van der Waals surface area contributed by atoms with Crippen LogP contribution < -0.4 is 9.47 Å². The molecule has 0 saturated carbocycles. The third kappa shape index (κ3) is 8.53. The van der Waals surface area contributed by atoms with Crippen molar-refractivity contribution in [1.82, 2.24) is 4.90 Å². The molecule has 0 aliphatic rings. The molecule has 50 heavy (non-hydrogen) atoms. The van der Waals surface area contributed by atoms with Crippen LogP contribution in [0, 0.1) is 0 Å². The molecule has 6 aromatic carbocycles. The molecule has 0 N–H and O–H groups in total. The van der Waals surface area contributed by atoms with Crippen molar-refractivity contribution in [2.75, 3.05) is 0 Å². The highest BCUT2D eigenvalue weighted by molar-refractivity contribution is 5.99. The van der Waals surface area contributed by atoms with Crippen LogP contribution in [-0.2, 0) is 52.8 Å². The van der Waals surface area contributed by atoms with Crippen molar-refractivity contribution in [2.24, 2.45) is 0 Å². The normalized spacial score (nSPS) is 12.1. The first kappa shape index (κ1) is 33.9. The van der Waals surface area contributed by atoms with Gasteiger partial charge in [-0.1, -0.05) is 158 Å². The largest absolute Gasteiger partial charge is 0.485 e. The van der Waals surface area contributed by atoms with E-state index in [1.54, 1.807) is 18.2 Å². The molecule has 6 aromatic rings. The fourth-order valence-electron chi connectivity index (χ4n) is 5.81. The van der Waals surface area contributed by atoms with Crippen molar-refractivity contribution in [2.45, 2.75) is 38.4 Å². The average molecular weight is 662 g/mol. The smallest absolute Gasteiger partial charge is 0.339 e. The zero-order valence-corrected chi connectivity index (χ0v) is 27.8. The van der Waals surface area contributed by atoms with Crippen LogP contribution in [0.4, 0.5) is 0 Å². The minimum absolute atomic E-state index is 0.00934. The van der Waals surface area contributed by atoms with Gasteiger partial charge in [0.2, 0.25) is 5.54 Å². The summed E-state index contributed by atoms with van der Waals surface area (Å²) in [5, 5.41) is 0. The molecule has 0 heterocycles. The number of aldehydes is 1. The number of esters is 1. The fraction of sp³-hybridized carbons (Fsp3) is 0.136. The van der Waals surface area contributed by atoms with Crippen molar-refractivity contribution in [3.63, 3.8) is 0 Å². The number of rotatable bonds is 16. The van der Waals surface area contributed by atoms with Gasteiger partial charge in [0.1, 0.15) is 19.8 Å². The SMILES string of the molecule is O=CC(C(=O)OCc1ccccc1)(c1ccc(OCc2ccccc2)c(OCc2ccccc2)c1)N(Cc1ccccc1)Cc1ccccc1. The molecule has 250 valence electrons. The van der Waals surface area contributed by atoms with E-state index in [4.69, 9.17) is 14.2 Å². The zero-order valence-electron chi connectivity index (χ0n) is 27.8. The molecule has 0 spiro atoms. The van der Waals surface area contributed by atoms with Crippen molar-refractivity contribution in [3.8, 4) is 11.5 Å². The molecule has 1 atom stereocenters. The molecule has 0 bridgehead atoms. The molecule has 0 amide bonds. The number of hydrogen-bond acceptors (Lipinski definition) is 6. The summed E-state index contributed by atoms with van der Waals surface area (Å²) in [5.41, 5.74) is 3.22. The topological polar surface area (TPSA) is 65.1 Å². The van der Waals surface area contributed by atoms with Gasteiger partial charge in [-0.25, -0.2) is 4.79 Å². The zero-order chi connectivity index (χ0) is 34.4. The van der Waals surface area contributed by atoms with Gasteiger partial charge in [-0.2, -0.15) is 0 Å². The highest BCUT2D eigenvalue weighted by Crippen LogP contribution is 2.38. The van der Waals surface area contributed by atoms with E-state index in [1.807, 2.05) is 157 Å². The van der Waals surface area contributed by atoms with Crippen LogP contribution in [-0.4, -0.2) is 17.2 Å². The Bertz CT molecular complexity index is 1900. The van der Waals surface area contributed by atoms with Gasteiger partial charge in [0, 0.05) is 13.1 Å². The maximum absolute atomic E-state index is 14.6. The second-order valence-electron chi connectivity index (χ2n) is 12.0. The quantitative estimate of drug-likeness (QED) is 0.0588. The van der Waals surface area contributed by atoms with Crippen LogP contribution in [0.15, 0.2) is 170 Å². The number of carbonyl (C=O) groups is 2. The van der Waals surface area contributed by atoms with E-state index in [2.05, 4.69) is 0 Å². The van der Waals surface area contributed by atoms with Gasteiger partial charge >= 0.3 is 5.97 Å². The molecule has 0 aromatic heterocycles. The summed E-state index contributed by atoms with van der Waals surface area (Å²) in [7, 11) is 0. The average Bonchev–Trinajstić information content (AvgIpc) is 3.18. The molecule has 1 unspecified atom stereocenters. The van der Waals surface area contributed by atoms with E-state index in [9.17, 15) is 9.59 Å². The lowest BCUT2D eigenvalue weighted by atomic mass is 9.87. The summed E-state index contributed by atoms with van der Waals surface area (Å²) in [6.07, 6.45) is 0.701. The number of benzene rings is 6. The van der Waals surface area contributed by atoms with Crippen LogP contribution in [0.1, 0.15) is 33.4 Å². The summed E-state index contributed by atoms with van der Waals surface area (Å²) >= 11 is 0. The van der Waals surface area contributed by atoms with Gasteiger partial charge in [-0.15, -0.1) is 0 Å². The minimum Gasteiger partial charge on any atom is -0.485 e. The Kier molecular flexibility index (Phi) is 11.5. The first-order valence-electron chi connectivity index (χ1n) is 16.6. The molecule has 6 rings (SSSR count). The third-order valence-electron chi connectivity index (χ3n) is 8.48. The third-order valence-corrected chi connectivity index (χ3v) is 8.48. The van der Waals surface area contributed by atoms with E-state index < -0.39 is 11.5 Å². The molecule has 0 saturated heterocycles. The van der Waals surface area contributed by atoms with Crippen LogP contribution >= 0.6 is 0 Å². The van der Waals surface area contributed by atoms with Crippen LogP contribution in [0.25, 0.3) is 0 Å². The predicted molar refractivity (Wildman–Crippen MR) is 194 cm³/mol. The van der Waals surface area contributed by atoms with E-state index in [-0.39, 0.29) is 13.2 Å². The van der Waals surface area contributed by atoms with Crippen LogP contribution in [0.2, 0.25) is 0 Å². The molecule has 0 radical (unpaired) electrons. The first-order chi connectivity index (χ1) is 24.6. The van der Waals surface area contributed by atoms with Crippen LogP contribution in [0.5, 0.6) is 11.5 Å². The van der Waals surface area contributed by atoms with Gasteiger partial charge in [-0.3, -0.25) is 4.90 Å². The molecular weight excluding hydrogens is 622 g/mol. The van der Waals surface area contributed by atoms with Gasteiger partial charge in [0.15, 0.2) is 17.8 Å². The molecule has 0 fully saturated rings. The Hall–Kier alpha value is -5.98. The standard InChI is InChI=1S/C44H39NO5/c46-34-44(43(47)50-33-39-24-14-5-15-25-39,45(29-35-16-6-1-7-17-35)30-36-18-8-2-9-19-36)40-26-27-41(48-31-37-20-10-3-11-21-37)42(28-40)49-32-38-22-12-4-13-23-38/h1-28,34H,29-33H2. The first-order valence-corrected chi connectivity index (χ1v) is 16.6. The number of carbonyl (C=O) groups excluding carboxylic acids is 2. The number of hydrogen-bond donors (Lipinski definition) is 0. The van der Waals surface area contributed by atoms with Gasteiger partial charge in [0.25, 0.3) is 0 Å². The molecule has 6 nitrogen and oxygen atoms in total. The molecule has 6 heteroatoms. The summed E-state index contributed by atoms with van der Waals surface area (Å²) in [4.78, 5) is 30.3. The van der Waals surface area contributed by atoms with E-state index in [1.165, 1.54) is 0 Å². The van der Waals surface area contributed by atoms with Crippen molar-refractivity contribution in [1.29, 1.82) is 0 Å². The highest BCUT2D eigenvalue weighted by atomic mass is 16.5. The van der Waals surface area contributed by atoms with Gasteiger partial charge < -0.3 is 19.0 Å². The second kappa shape index (κ2) is 16.9. The lowest BCUT2D eigenvalue weighted by Crippen LogP contribution is -2.53. The molecular formula is C44H39NO5. The van der Waals surface area contributed by atoms with E-state index in [0.717, 1.165) is 27.8 Å². The summed E-state index contributed by atoms with van der Waals surface area (Å²) in [6, 6.07) is 54.0.